The molecule has 1 saturated heterocycles. The summed E-state index contributed by atoms with van der Waals surface area (Å²) in [6.07, 6.45) is 1.89. The highest BCUT2D eigenvalue weighted by Crippen LogP contribution is 2.42. The molecule has 34 heavy (non-hydrogen) atoms. The van der Waals surface area contributed by atoms with Gasteiger partial charge in [-0.15, -0.1) is 0 Å². The zero-order valence-corrected chi connectivity index (χ0v) is 20.1. The zero-order valence-electron chi connectivity index (χ0n) is 18.6. The van der Waals surface area contributed by atoms with Crippen molar-refractivity contribution < 1.29 is 9.59 Å². The van der Waals surface area contributed by atoms with E-state index in [1.165, 1.54) is 11.8 Å². The first kappa shape index (κ1) is 22.6. The highest BCUT2D eigenvalue weighted by Gasteiger charge is 2.32. The molecule has 0 N–H and O–H groups in total. The fourth-order valence-electron chi connectivity index (χ4n) is 4.24. The van der Waals surface area contributed by atoms with E-state index in [9.17, 15) is 9.59 Å². The minimum atomic E-state index is -0.140. The lowest BCUT2D eigenvalue weighted by molar-refractivity contribution is -0.131. The number of hydrogen-bond acceptors (Lipinski definition) is 4. The first-order valence-corrected chi connectivity index (χ1v) is 12.4. The summed E-state index contributed by atoms with van der Waals surface area (Å²) >= 11 is 7.59. The molecule has 5 rings (SSSR count). The van der Waals surface area contributed by atoms with Crippen molar-refractivity contribution in [3.05, 3.63) is 94.4 Å². The molecule has 0 atom stereocenters. The van der Waals surface area contributed by atoms with Crippen molar-refractivity contribution in [3.63, 3.8) is 0 Å². The van der Waals surface area contributed by atoms with Crippen molar-refractivity contribution in [3.8, 4) is 0 Å². The van der Waals surface area contributed by atoms with Crippen LogP contribution in [0.5, 0.6) is 0 Å². The predicted molar refractivity (Wildman–Crippen MR) is 139 cm³/mol. The van der Waals surface area contributed by atoms with Gasteiger partial charge in [0.2, 0.25) is 5.91 Å². The number of anilines is 2. The Morgan fingerprint density at radius 1 is 0.912 bits per heavy atom. The minimum Gasteiger partial charge on any atom is -0.368 e. The molecule has 0 bridgehead atoms. The molecule has 0 unspecified atom stereocenters. The lowest BCUT2D eigenvalue weighted by Crippen LogP contribution is -2.52. The zero-order chi connectivity index (χ0) is 23.5. The SMILES string of the molecule is O=C(CN1C(=O)C(=Cc2ccccc2)Sc2ccccc21)N1CCN(c2cccc(Cl)c2)CC1. The first-order chi connectivity index (χ1) is 16.6. The fraction of sp³-hybridized carbons (Fsp3) is 0.185. The molecule has 5 nitrogen and oxygen atoms in total. The maximum atomic E-state index is 13.4. The molecule has 1 fully saturated rings. The van der Waals surface area contributed by atoms with Crippen LogP contribution in [0.2, 0.25) is 5.02 Å². The number of amides is 2. The monoisotopic (exact) mass is 489 g/mol. The Hall–Kier alpha value is -3.22. The number of thioether (sulfide) groups is 1. The number of benzene rings is 3. The average Bonchev–Trinajstić information content (AvgIpc) is 2.87. The van der Waals surface area contributed by atoms with E-state index in [0.717, 1.165) is 34.9 Å². The van der Waals surface area contributed by atoms with Gasteiger partial charge in [0.05, 0.1) is 10.6 Å². The summed E-state index contributed by atoms with van der Waals surface area (Å²) in [4.78, 5) is 34.0. The molecule has 0 spiro atoms. The van der Waals surface area contributed by atoms with E-state index in [1.54, 1.807) is 4.90 Å². The van der Waals surface area contributed by atoms with E-state index in [-0.39, 0.29) is 18.4 Å². The summed E-state index contributed by atoms with van der Waals surface area (Å²) in [5.41, 5.74) is 2.81. The molecule has 7 heteroatoms. The normalized spacial score (nSPS) is 17.1. The molecule has 172 valence electrons. The van der Waals surface area contributed by atoms with Crippen LogP contribution in [0.1, 0.15) is 5.56 Å². The van der Waals surface area contributed by atoms with Crippen LogP contribution in [-0.2, 0) is 9.59 Å². The van der Waals surface area contributed by atoms with Gasteiger partial charge in [0.15, 0.2) is 0 Å². The number of fused-ring (bicyclic) bond motifs is 1. The highest BCUT2D eigenvalue weighted by atomic mass is 35.5. The summed E-state index contributed by atoms with van der Waals surface area (Å²) in [6, 6.07) is 25.3. The van der Waals surface area contributed by atoms with Crippen LogP contribution in [0.25, 0.3) is 6.08 Å². The van der Waals surface area contributed by atoms with Gasteiger partial charge in [-0.25, -0.2) is 0 Å². The summed E-state index contributed by atoms with van der Waals surface area (Å²) < 4.78 is 0. The molecule has 0 saturated carbocycles. The number of hydrogen-bond donors (Lipinski definition) is 0. The topological polar surface area (TPSA) is 43.9 Å². The van der Waals surface area contributed by atoms with Gasteiger partial charge in [0.1, 0.15) is 6.54 Å². The third-order valence-electron chi connectivity index (χ3n) is 6.03. The van der Waals surface area contributed by atoms with E-state index in [4.69, 9.17) is 11.6 Å². The predicted octanol–water partition coefficient (Wildman–Crippen LogP) is 5.17. The first-order valence-electron chi connectivity index (χ1n) is 11.2. The standard InChI is InChI=1S/C27H24ClN3O2S/c28-21-9-6-10-22(18-21)29-13-15-30(16-14-29)26(32)19-31-23-11-4-5-12-24(23)34-25(27(31)33)17-20-7-2-1-3-8-20/h1-12,17-18H,13-16,19H2. The van der Waals surface area contributed by atoms with Crippen LogP contribution < -0.4 is 9.80 Å². The second-order valence-corrected chi connectivity index (χ2v) is 9.75. The smallest absolute Gasteiger partial charge is 0.265 e. The van der Waals surface area contributed by atoms with Crippen molar-refractivity contribution in [1.82, 2.24) is 4.90 Å². The molecule has 2 aliphatic rings. The number of para-hydroxylation sites is 1. The molecule has 2 heterocycles. The van der Waals surface area contributed by atoms with E-state index < -0.39 is 0 Å². The Morgan fingerprint density at radius 2 is 1.65 bits per heavy atom. The number of carbonyl (C=O) groups is 2. The van der Waals surface area contributed by atoms with Crippen molar-refractivity contribution in [2.45, 2.75) is 4.90 Å². The number of rotatable bonds is 4. The van der Waals surface area contributed by atoms with Crippen LogP contribution in [0.15, 0.2) is 88.7 Å². The van der Waals surface area contributed by atoms with Gasteiger partial charge in [0, 0.05) is 41.8 Å². The highest BCUT2D eigenvalue weighted by molar-refractivity contribution is 8.04. The number of halogens is 1. The van der Waals surface area contributed by atoms with Crippen molar-refractivity contribution >= 4 is 52.6 Å². The lowest BCUT2D eigenvalue weighted by atomic mass is 10.2. The third-order valence-corrected chi connectivity index (χ3v) is 7.34. The summed E-state index contributed by atoms with van der Waals surface area (Å²) in [5.74, 6) is -0.182. The van der Waals surface area contributed by atoms with Gasteiger partial charge in [-0.05, 0) is 42.0 Å². The Bertz CT molecular complexity index is 1240. The second kappa shape index (κ2) is 9.95. The van der Waals surface area contributed by atoms with Crippen molar-refractivity contribution in [1.29, 1.82) is 0 Å². The van der Waals surface area contributed by atoms with Gasteiger partial charge >= 0.3 is 0 Å². The van der Waals surface area contributed by atoms with Gasteiger partial charge in [0.25, 0.3) is 5.91 Å². The molecule has 0 aliphatic carbocycles. The molecular formula is C27H24ClN3O2S. The molecule has 2 aliphatic heterocycles. The van der Waals surface area contributed by atoms with E-state index >= 15 is 0 Å². The van der Waals surface area contributed by atoms with Gasteiger partial charge in [-0.1, -0.05) is 71.9 Å². The summed E-state index contributed by atoms with van der Waals surface area (Å²) in [7, 11) is 0. The molecule has 3 aromatic rings. The Kier molecular flexibility index (Phi) is 6.61. The van der Waals surface area contributed by atoms with Crippen LogP contribution in [0.4, 0.5) is 11.4 Å². The number of piperazine rings is 1. The van der Waals surface area contributed by atoms with Crippen LogP contribution >= 0.6 is 23.4 Å². The molecule has 0 aromatic heterocycles. The largest absolute Gasteiger partial charge is 0.368 e. The van der Waals surface area contributed by atoms with Gasteiger partial charge in [-0.2, -0.15) is 0 Å². The van der Waals surface area contributed by atoms with E-state index in [2.05, 4.69) is 4.90 Å². The van der Waals surface area contributed by atoms with Crippen molar-refractivity contribution in [2.75, 3.05) is 42.5 Å². The Morgan fingerprint density at radius 3 is 2.41 bits per heavy atom. The summed E-state index contributed by atoms with van der Waals surface area (Å²) in [6.45, 7) is 2.70. The minimum absolute atomic E-state index is 0.0275. The third kappa shape index (κ3) is 4.83. The maximum Gasteiger partial charge on any atom is 0.265 e. The Labute approximate surface area is 208 Å². The molecular weight excluding hydrogens is 466 g/mol. The van der Waals surface area contributed by atoms with Crippen LogP contribution in [0, 0.1) is 0 Å². The molecule has 0 radical (unpaired) electrons. The molecule has 3 aromatic carbocycles. The number of nitrogens with zero attached hydrogens (tertiary/aromatic N) is 3. The van der Waals surface area contributed by atoms with Crippen LogP contribution in [-0.4, -0.2) is 49.4 Å². The number of carbonyl (C=O) groups excluding carboxylic acids is 2. The fourth-order valence-corrected chi connectivity index (χ4v) is 5.49. The summed E-state index contributed by atoms with van der Waals surface area (Å²) in [5, 5.41) is 0.704. The van der Waals surface area contributed by atoms with Crippen LogP contribution in [0.3, 0.4) is 0 Å². The van der Waals surface area contributed by atoms with E-state index in [1.807, 2.05) is 89.8 Å². The maximum absolute atomic E-state index is 13.4. The average molecular weight is 490 g/mol. The Balaban J connectivity index is 1.31. The molecule has 2 amide bonds. The quantitative estimate of drug-likeness (QED) is 0.474. The second-order valence-electron chi connectivity index (χ2n) is 8.23. The van der Waals surface area contributed by atoms with Gasteiger partial charge in [-0.3, -0.25) is 14.5 Å². The lowest BCUT2D eigenvalue weighted by Gasteiger charge is -2.37. The van der Waals surface area contributed by atoms with Gasteiger partial charge < -0.3 is 9.80 Å². The van der Waals surface area contributed by atoms with E-state index in [0.29, 0.717) is 23.0 Å². The van der Waals surface area contributed by atoms with Crippen molar-refractivity contribution in [2.24, 2.45) is 0 Å².